The number of rotatable bonds is 6. The third-order valence-electron chi connectivity index (χ3n) is 3.92. The second kappa shape index (κ2) is 7.61. The van der Waals surface area contributed by atoms with Crippen LogP contribution in [0.15, 0.2) is 59.8 Å². The number of carboxylic acid groups (broad SMARTS) is 1. The van der Waals surface area contributed by atoms with Crippen molar-refractivity contribution < 1.29 is 19.5 Å². The summed E-state index contributed by atoms with van der Waals surface area (Å²) in [6.07, 6.45) is 0.319. The van der Waals surface area contributed by atoms with Gasteiger partial charge in [-0.1, -0.05) is 47.6 Å². The van der Waals surface area contributed by atoms with Gasteiger partial charge in [0.1, 0.15) is 0 Å². The van der Waals surface area contributed by atoms with Gasteiger partial charge >= 0.3 is 5.97 Å². The number of hydrogen-bond donors (Lipinski definition) is 2. The molecule has 3 rings (SSSR count). The smallest absolute Gasteiger partial charge is 0.303 e. The first-order valence-corrected chi connectivity index (χ1v) is 8.01. The maximum Gasteiger partial charge on any atom is 0.303 e. The molecule has 2 N–H and O–H groups in total. The molecule has 0 bridgehead atoms. The van der Waals surface area contributed by atoms with E-state index in [9.17, 15) is 9.59 Å². The summed E-state index contributed by atoms with van der Waals surface area (Å²) in [7, 11) is 0. The zero-order chi connectivity index (χ0) is 17.6. The summed E-state index contributed by atoms with van der Waals surface area (Å²) in [4.78, 5) is 28.1. The van der Waals surface area contributed by atoms with Crippen molar-refractivity contribution in [3.63, 3.8) is 0 Å². The number of nitrogens with one attached hydrogen (secondary N) is 1. The van der Waals surface area contributed by atoms with E-state index in [4.69, 9.17) is 9.94 Å². The fourth-order valence-electron chi connectivity index (χ4n) is 2.55. The normalized spacial score (nSPS) is 16.0. The van der Waals surface area contributed by atoms with Gasteiger partial charge in [0.15, 0.2) is 0 Å². The van der Waals surface area contributed by atoms with Gasteiger partial charge in [0.25, 0.3) is 5.91 Å². The molecular weight excluding hydrogens is 320 g/mol. The molecule has 2 aromatic rings. The van der Waals surface area contributed by atoms with Crippen molar-refractivity contribution in [1.29, 1.82) is 0 Å². The molecule has 0 saturated carbocycles. The second-order valence-electron chi connectivity index (χ2n) is 5.78. The SMILES string of the molecule is O=C(O)CCc1ccc(NC(=O)[C@H]2CC(c3ccccc3)=NO2)cc1. The van der Waals surface area contributed by atoms with Crippen LogP contribution in [-0.4, -0.2) is 28.8 Å². The number of aliphatic carboxylic acids is 1. The summed E-state index contributed by atoms with van der Waals surface area (Å²) in [6, 6.07) is 16.7. The maximum absolute atomic E-state index is 12.3. The number of aryl methyl sites for hydroxylation is 1. The van der Waals surface area contributed by atoms with E-state index >= 15 is 0 Å². The molecule has 6 nitrogen and oxygen atoms in total. The number of carboxylic acids is 1. The Balaban J connectivity index is 1.54. The average Bonchev–Trinajstić information content (AvgIpc) is 3.12. The van der Waals surface area contributed by atoms with E-state index in [1.807, 2.05) is 30.3 Å². The Bertz CT molecular complexity index is 785. The first-order valence-electron chi connectivity index (χ1n) is 8.01. The molecule has 0 radical (unpaired) electrons. The lowest BCUT2D eigenvalue weighted by Crippen LogP contribution is -2.28. The van der Waals surface area contributed by atoms with Crippen molar-refractivity contribution in [2.45, 2.75) is 25.4 Å². The first kappa shape index (κ1) is 16.7. The predicted octanol–water partition coefficient (Wildman–Crippen LogP) is 2.84. The Hall–Kier alpha value is -3.15. The van der Waals surface area contributed by atoms with Gasteiger partial charge in [0.2, 0.25) is 6.10 Å². The van der Waals surface area contributed by atoms with E-state index in [1.54, 1.807) is 24.3 Å². The molecule has 1 amide bonds. The van der Waals surface area contributed by atoms with Gasteiger partial charge in [0, 0.05) is 18.5 Å². The van der Waals surface area contributed by atoms with Crippen LogP contribution in [0.5, 0.6) is 0 Å². The van der Waals surface area contributed by atoms with Gasteiger partial charge in [0.05, 0.1) is 5.71 Å². The van der Waals surface area contributed by atoms with E-state index < -0.39 is 12.1 Å². The molecule has 6 heteroatoms. The van der Waals surface area contributed by atoms with Crippen LogP contribution >= 0.6 is 0 Å². The lowest BCUT2D eigenvalue weighted by atomic mass is 10.0. The Morgan fingerprint density at radius 1 is 1.12 bits per heavy atom. The van der Waals surface area contributed by atoms with Crippen LogP contribution in [0.3, 0.4) is 0 Å². The molecule has 1 heterocycles. The van der Waals surface area contributed by atoms with E-state index in [2.05, 4.69) is 10.5 Å². The van der Waals surface area contributed by atoms with E-state index in [0.717, 1.165) is 16.8 Å². The predicted molar refractivity (Wildman–Crippen MR) is 93.5 cm³/mol. The lowest BCUT2D eigenvalue weighted by Gasteiger charge is -2.10. The summed E-state index contributed by atoms with van der Waals surface area (Å²) in [5, 5.41) is 15.5. The molecule has 128 valence electrons. The fourth-order valence-corrected chi connectivity index (χ4v) is 2.55. The average molecular weight is 338 g/mol. The summed E-state index contributed by atoms with van der Waals surface area (Å²) in [5.41, 5.74) is 3.25. The highest BCUT2D eigenvalue weighted by atomic mass is 16.6. The van der Waals surface area contributed by atoms with Gasteiger partial charge in [-0.25, -0.2) is 0 Å². The minimum Gasteiger partial charge on any atom is -0.481 e. The van der Waals surface area contributed by atoms with Crippen LogP contribution in [0, 0.1) is 0 Å². The number of anilines is 1. The number of oxime groups is 1. The van der Waals surface area contributed by atoms with E-state index in [-0.39, 0.29) is 12.3 Å². The van der Waals surface area contributed by atoms with Gasteiger partial charge in [-0.2, -0.15) is 0 Å². The molecule has 1 aliphatic heterocycles. The maximum atomic E-state index is 12.3. The summed E-state index contributed by atoms with van der Waals surface area (Å²) in [6.45, 7) is 0. The zero-order valence-electron chi connectivity index (χ0n) is 13.5. The molecule has 1 atom stereocenters. The Morgan fingerprint density at radius 2 is 1.84 bits per heavy atom. The van der Waals surface area contributed by atoms with E-state index in [1.165, 1.54) is 0 Å². The quantitative estimate of drug-likeness (QED) is 0.848. The summed E-state index contributed by atoms with van der Waals surface area (Å²) < 4.78 is 0. The van der Waals surface area contributed by atoms with Crippen molar-refractivity contribution in [2.24, 2.45) is 5.16 Å². The molecule has 25 heavy (non-hydrogen) atoms. The lowest BCUT2D eigenvalue weighted by molar-refractivity contribution is -0.137. The molecular formula is C19H18N2O4. The Labute approximate surface area is 145 Å². The van der Waals surface area contributed by atoms with Crippen molar-refractivity contribution in [2.75, 3.05) is 5.32 Å². The van der Waals surface area contributed by atoms with Crippen molar-refractivity contribution >= 4 is 23.3 Å². The first-order chi connectivity index (χ1) is 12.1. The molecule has 0 aromatic heterocycles. The van der Waals surface area contributed by atoms with E-state index in [0.29, 0.717) is 18.5 Å². The van der Waals surface area contributed by atoms with Crippen molar-refractivity contribution in [3.8, 4) is 0 Å². The topological polar surface area (TPSA) is 88.0 Å². The third kappa shape index (κ3) is 4.44. The molecule has 0 saturated heterocycles. The van der Waals surface area contributed by atoms with Crippen LogP contribution in [-0.2, 0) is 20.8 Å². The third-order valence-corrected chi connectivity index (χ3v) is 3.92. The van der Waals surface area contributed by atoms with Crippen LogP contribution in [0.1, 0.15) is 24.0 Å². The van der Waals surface area contributed by atoms with Gasteiger partial charge in [-0.05, 0) is 29.7 Å². The van der Waals surface area contributed by atoms with Crippen LogP contribution in [0.25, 0.3) is 0 Å². The monoisotopic (exact) mass is 338 g/mol. The van der Waals surface area contributed by atoms with Crippen molar-refractivity contribution in [1.82, 2.24) is 0 Å². The minimum atomic E-state index is -0.829. The largest absolute Gasteiger partial charge is 0.481 e. The zero-order valence-corrected chi connectivity index (χ0v) is 13.5. The number of amides is 1. The summed E-state index contributed by atoms with van der Waals surface area (Å²) >= 11 is 0. The number of carbonyl (C=O) groups excluding carboxylic acids is 1. The van der Waals surface area contributed by atoms with Crippen LogP contribution < -0.4 is 5.32 Å². The van der Waals surface area contributed by atoms with Crippen LogP contribution in [0.2, 0.25) is 0 Å². The minimum absolute atomic E-state index is 0.0845. The number of nitrogens with zero attached hydrogens (tertiary/aromatic N) is 1. The Morgan fingerprint density at radius 3 is 2.52 bits per heavy atom. The van der Waals surface area contributed by atoms with Gasteiger partial charge in [-0.15, -0.1) is 0 Å². The second-order valence-corrected chi connectivity index (χ2v) is 5.78. The standard InChI is InChI=1S/C19H18N2O4/c22-18(23)11-8-13-6-9-15(10-7-13)20-19(24)17-12-16(21-25-17)14-4-2-1-3-5-14/h1-7,9-10,17H,8,11-12H2,(H,20,24)(H,22,23)/t17-/m1/s1. The molecule has 0 aliphatic carbocycles. The molecule has 0 unspecified atom stereocenters. The highest BCUT2D eigenvalue weighted by Gasteiger charge is 2.28. The Kier molecular flexibility index (Phi) is 5.09. The van der Waals surface area contributed by atoms with Gasteiger partial charge < -0.3 is 15.3 Å². The van der Waals surface area contributed by atoms with Gasteiger partial charge in [-0.3, -0.25) is 9.59 Å². The van der Waals surface area contributed by atoms with Crippen molar-refractivity contribution in [3.05, 3.63) is 65.7 Å². The number of hydrogen-bond acceptors (Lipinski definition) is 4. The van der Waals surface area contributed by atoms with Crippen LogP contribution in [0.4, 0.5) is 5.69 Å². The number of benzene rings is 2. The highest BCUT2D eigenvalue weighted by Crippen LogP contribution is 2.19. The molecule has 0 spiro atoms. The molecule has 0 fully saturated rings. The fraction of sp³-hybridized carbons (Fsp3) is 0.211. The number of carbonyl (C=O) groups is 2. The molecule has 2 aromatic carbocycles. The highest BCUT2D eigenvalue weighted by molar-refractivity contribution is 6.06. The molecule has 1 aliphatic rings. The summed E-state index contributed by atoms with van der Waals surface area (Å²) in [5.74, 6) is -1.09.